The smallest absolute Gasteiger partial charge is 0.335 e. The van der Waals surface area contributed by atoms with Gasteiger partial charge in [0, 0.05) is 51.1 Å². The van der Waals surface area contributed by atoms with E-state index in [0.717, 1.165) is 59.9 Å². The SMILES string of the molecule is Cn1ccnc1CN1CCC(n2c(=O)n(-c3ccc(-c4ccncc4)cc3)c3cccnc32)C1. The van der Waals surface area contributed by atoms with Gasteiger partial charge in [0.2, 0.25) is 0 Å². The Labute approximate surface area is 196 Å². The zero-order chi connectivity index (χ0) is 23.1. The molecular formula is C26H25N7O. The fourth-order valence-corrected chi connectivity index (χ4v) is 4.89. The fourth-order valence-electron chi connectivity index (χ4n) is 4.89. The molecule has 5 aromatic rings. The standard InChI is InChI=1S/C26H25N7O/c1-30-16-14-28-24(30)18-31-15-10-22(17-31)33-25-23(3-2-11-29-25)32(26(33)34)21-6-4-19(5-7-21)20-8-12-27-13-9-20/h2-9,11-14,16,22H,10,15,17-18H2,1H3. The van der Waals surface area contributed by atoms with Crippen LogP contribution in [0, 0.1) is 0 Å². The van der Waals surface area contributed by atoms with E-state index < -0.39 is 0 Å². The summed E-state index contributed by atoms with van der Waals surface area (Å²) in [7, 11) is 2.01. The molecule has 6 rings (SSSR count). The Balaban J connectivity index is 1.35. The lowest BCUT2D eigenvalue weighted by atomic mass is 10.1. The molecule has 8 heteroatoms. The minimum absolute atomic E-state index is 0.0470. The summed E-state index contributed by atoms with van der Waals surface area (Å²) >= 11 is 0. The van der Waals surface area contributed by atoms with E-state index in [1.165, 1.54) is 0 Å². The van der Waals surface area contributed by atoms with Crippen LogP contribution in [0.25, 0.3) is 28.0 Å². The Kier molecular flexibility index (Phi) is 5.07. The minimum atomic E-state index is -0.0470. The van der Waals surface area contributed by atoms with Gasteiger partial charge in [0.05, 0.1) is 23.8 Å². The van der Waals surface area contributed by atoms with Crippen molar-refractivity contribution in [1.82, 2.24) is 33.6 Å². The van der Waals surface area contributed by atoms with Gasteiger partial charge < -0.3 is 4.57 Å². The van der Waals surface area contributed by atoms with Gasteiger partial charge in [-0.2, -0.15) is 0 Å². The maximum Gasteiger partial charge on any atom is 0.335 e. The first kappa shape index (κ1) is 20.6. The zero-order valence-electron chi connectivity index (χ0n) is 19.0. The van der Waals surface area contributed by atoms with E-state index in [9.17, 15) is 4.79 Å². The molecule has 1 saturated heterocycles. The minimum Gasteiger partial charge on any atom is -0.337 e. The number of likely N-dealkylation sites (tertiary alicyclic amines) is 1. The van der Waals surface area contributed by atoms with Crippen molar-refractivity contribution >= 4 is 11.2 Å². The molecule has 0 amide bonds. The molecule has 1 fully saturated rings. The summed E-state index contributed by atoms with van der Waals surface area (Å²) in [6, 6.07) is 16.0. The molecule has 34 heavy (non-hydrogen) atoms. The van der Waals surface area contributed by atoms with Gasteiger partial charge in [-0.1, -0.05) is 12.1 Å². The van der Waals surface area contributed by atoms with Crippen molar-refractivity contribution in [2.75, 3.05) is 13.1 Å². The van der Waals surface area contributed by atoms with Gasteiger partial charge in [0.15, 0.2) is 5.65 Å². The predicted octanol–water partition coefficient (Wildman–Crippen LogP) is 3.43. The molecule has 170 valence electrons. The molecule has 4 aromatic heterocycles. The monoisotopic (exact) mass is 451 g/mol. The van der Waals surface area contributed by atoms with Crippen LogP contribution in [0.15, 0.2) is 84.3 Å². The molecule has 0 N–H and O–H groups in total. The van der Waals surface area contributed by atoms with Crippen molar-refractivity contribution < 1.29 is 0 Å². The number of aromatic nitrogens is 6. The molecule has 1 unspecified atom stereocenters. The van der Waals surface area contributed by atoms with E-state index >= 15 is 0 Å². The highest BCUT2D eigenvalue weighted by Gasteiger charge is 2.29. The van der Waals surface area contributed by atoms with Crippen molar-refractivity contribution in [2.45, 2.75) is 19.0 Å². The lowest BCUT2D eigenvalue weighted by molar-refractivity contribution is 0.304. The molecule has 8 nitrogen and oxygen atoms in total. The van der Waals surface area contributed by atoms with Gasteiger partial charge in [0.25, 0.3) is 0 Å². The second-order valence-electron chi connectivity index (χ2n) is 8.75. The second-order valence-corrected chi connectivity index (χ2v) is 8.75. The number of imidazole rings is 2. The van der Waals surface area contributed by atoms with Crippen LogP contribution in [0.4, 0.5) is 0 Å². The number of nitrogens with zero attached hydrogens (tertiary/aromatic N) is 7. The molecule has 0 spiro atoms. The summed E-state index contributed by atoms with van der Waals surface area (Å²) in [6.07, 6.45) is 10.0. The molecule has 0 aliphatic carbocycles. The Bertz CT molecular complexity index is 1500. The first-order valence-corrected chi connectivity index (χ1v) is 11.5. The van der Waals surface area contributed by atoms with Crippen molar-refractivity contribution in [3.8, 4) is 16.8 Å². The maximum absolute atomic E-state index is 13.8. The highest BCUT2D eigenvalue weighted by atomic mass is 16.2. The van der Waals surface area contributed by atoms with Crippen LogP contribution < -0.4 is 5.69 Å². The average molecular weight is 452 g/mol. The fraction of sp³-hybridized carbons (Fsp3) is 0.231. The van der Waals surface area contributed by atoms with Gasteiger partial charge in [-0.15, -0.1) is 0 Å². The van der Waals surface area contributed by atoms with Crippen LogP contribution in [-0.2, 0) is 13.6 Å². The van der Waals surface area contributed by atoms with E-state index in [2.05, 4.69) is 19.9 Å². The normalized spacial score (nSPS) is 16.4. The van der Waals surface area contributed by atoms with Crippen molar-refractivity contribution in [3.63, 3.8) is 0 Å². The van der Waals surface area contributed by atoms with Gasteiger partial charge in [-0.25, -0.2) is 14.8 Å². The lowest BCUT2D eigenvalue weighted by Gasteiger charge is -2.16. The number of benzene rings is 1. The first-order chi connectivity index (χ1) is 16.7. The van der Waals surface area contributed by atoms with Crippen LogP contribution in [0.5, 0.6) is 0 Å². The number of hydrogen-bond donors (Lipinski definition) is 0. The highest BCUT2D eigenvalue weighted by Crippen LogP contribution is 2.27. The van der Waals surface area contributed by atoms with Crippen molar-refractivity contribution in [3.05, 3.63) is 95.8 Å². The molecule has 5 heterocycles. The van der Waals surface area contributed by atoms with E-state index in [1.54, 1.807) is 23.2 Å². The molecule has 0 radical (unpaired) electrons. The van der Waals surface area contributed by atoms with E-state index in [-0.39, 0.29) is 11.7 Å². The van der Waals surface area contributed by atoms with Crippen LogP contribution in [0.3, 0.4) is 0 Å². The van der Waals surface area contributed by atoms with Gasteiger partial charge in [0.1, 0.15) is 5.82 Å². The van der Waals surface area contributed by atoms with E-state index in [1.807, 2.05) is 77.1 Å². The van der Waals surface area contributed by atoms with Crippen LogP contribution in [0.2, 0.25) is 0 Å². The van der Waals surface area contributed by atoms with Crippen LogP contribution in [-0.4, -0.2) is 46.6 Å². The van der Waals surface area contributed by atoms with Crippen LogP contribution >= 0.6 is 0 Å². The van der Waals surface area contributed by atoms with E-state index in [4.69, 9.17) is 0 Å². The summed E-state index contributed by atoms with van der Waals surface area (Å²) in [6.45, 7) is 2.49. The summed E-state index contributed by atoms with van der Waals surface area (Å²) in [4.78, 5) is 29.3. The number of rotatable bonds is 5. The summed E-state index contributed by atoms with van der Waals surface area (Å²) in [5.41, 5.74) is 4.52. The second kappa shape index (κ2) is 8.39. The number of aryl methyl sites for hydroxylation is 1. The predicted molar refractivity (Wildman–Crippen MR) is 131 cm³/mol. The molecule has 1 atom stereocenters. The molecule has 0 saturated carbocycles. The maximum atomic E-state index is 13.8. The quantitative estimate of drug-likeness (QED) is 0.409. The van der Waals surface area contributed by atoms with Crippen molar-refractivity contribution in [2.24, 2.45) is 7.05 Å². The van der Waals surface area contributed by atoms with Gasteiger partial charge in [-0.3, -0.25) is 19.0 Å². The lowest BCUT2D eigenvalue weighted by Crippen LogP contribution is -2.29. The van der Waals surface area contributed by atoms with Gasteiger partial charge in [-0.05, 0) is 53.9 Å². The summed E-state index contributed by atoms with van der Waals surface area (Å²) in [5.74, 6) is 1.03. The third kappa shape index (κ3) is 3.52. The Hall–Kier alpha value is -4.04. The summed E-state index contributed by atoms with van der Waals surface area (Å²) < 4.78 is 5.70. The molecule has 1 aliphatic rings. The summed E-state index contributed by atoms with van der Waals surface area (Å²) in [5, 5.41) is 0. The molecule has 1 aliphatic heterocycles. The van der Waals surface area contributed by atoms with Gasteiger partial charge >= 0.3 is 5.69 Å². The Morgan fingerprint density at radius 1 is 0.941 bits per heavy atom. The largest absolute Gasteiger partial charge is 0.337 e. The number of fused-ring (bicyclic) bond motifs is 1. The average Bonchev–Trinajstić information content (AvgIpc) is 3.57. The van der Waals surface area contributed by atoms with Crippen molar-refractivity contribution in [1.29, 1.82) is 0 Å². The number of hydrogen-bond acceptors (Lipinski definition) is 5. The Morgan fingerprint density at radius 2 is 1.74 bits per heavy atom. The topological polar surface area (TPSA) is 73.8 Å². The molecule has 1 aromatic carbocycles. The van der Waals surface area contributed by atoms with E-state index in [0.29, 0.717) is 0 Å². The third-order valence-corrected chi connectivity index (χ3v) is 6.67. The Morgan fingerprint density at radius 3 is 2.50 bits per heavy atom. The molecular weight excluding hydrogens is 426 g/mol. The first-order valence-electron chi connectivity index (χ1n) is 11.5. The number of pyridine rings is 2. The molecule has 0 bridgehead atoms. The zero-order valence-corrected chi connectivity index (χ0v) is 19.0. The third-order valence-electron chi connectivity index (χ3n) is 6.67. The van der Waals surface area contributed by atoms with Crippen LogP contribution in [0.1, 0.15) is 18.3 Å². The highest BCUT2D eigenvalue weighted by molar-refractivity contribution is 5.74.